The van der Waals surface area contributed by atoms with E-state index in [-0.39, 0.29) is 5.91 Å². The van der Waals surface area contributed by atoms with Gasteiger partial charge < -0.3 is 10.6 Å². The van der Waals surface area contributed by atoms with Crippen LogP contribution in [0.3, 0.4) is 0 Å². The van der Waals surface area contributed by atoms with Crippen molar-refractivity contribution in [3.05, 3.63) is 57.8 Å². The third kappa shape index (κ3) is 2.44. The van der Waals surface area contributed by atoms with Crippen molar-refractivity contribution in [2.45, 2.75) is 6.04 Å². The Bertz CT molecular complexity index is 685. The van der Waals surface area contributed by atoms with E-state index in [2.05, 4.69) is 10.6 Å². The van der Waals surface area contributed by atoms with Gasteiger partial charge in [-0.1, -0.05) is 29.3 Å². The zero-order chi connectivity index (χ0) is 14.3. The van der Waals surface area contributed by atoms with Crippen molar-refractivity contribution in [3.8, 4) is 0 Å². The van der Waals surface area contributed by atoms with Crippen LogP contribution in [0.4, 0.5) is 15.8 Å². The van der Waals surface area contributed by atoms with Crippen LogP contribution in [0.15, 0.2) is 36.4 Å². The Balaban J connectivity index is 1.94. The Hall–Kier alpha value is -1.78. The summed E-state index contributed by atoms with van der Waals surface area (Å²) in [6.07, 6.45) is 0. The summed E-state index contributed by atoms with van der Waals surface area (Å²) < 4.78 is 13.1. The number of carbonyl (C=O) groups is 1. The molecule has 102 valence electrons. The Labute approximate surface area is 124 Å². The number of benzene rings is 2. The van der Waals surface area contributed by atoms with Gasteiger partial charge in [-0.15, -0.1) is 0 Å². The van der Waals surface area contributed by atoms with Crippen LogP contribution in [0, 0.1) is 5.82 Å². The molecule has 1 unspecified atom stereocenters. The molecular weight excluding hydrogens is 302 g/mol. The Morgan fingerprint density at radius 2 is 1.80 bits per heavy atom. The SMILES string of the molecule is O=C1Nc2cc(F)ccc2C1Nc1cc(Cl)cc(Cl)c1. The van der Waals surface area contributed by atoms with Gasteiger partial charge in [0.05, 0.1) is 0 Å². The van der Waals surface area contributed by atoms with Crippen molar-refractivity contribution in [1.29, 1.82) is 0 Å². The van der Waals surface area contributed by atoms with Crippen LogP contribution in [0.1, 0.15) is 11.6 Å². The molecule has 1 aliphatic rings. The number of fused-ring (bicyclic) bond motifs is 1. The topological polar surface area (TPSA) is 41.1 Å². The second-order valence-corrected chi connectivity index (χ2v) is 5.33. The lowest BCUT2D eigenvalue weighted by Crippen LogP contribution is -2.19. The van der Waals surface area contributed by atoms with Crippen LogP contribution < -0.4 is 10.6 Å². The molecular formula is C14H9Cl2FN2O. The number of hydrogen-bond donors (Lipinski definition) is 2. The standard InChI is InChI=1S/C14H9Cl2FN2O/c15-7-3-8(16)5-10(4-7)18-13-11-2-1-9(17)6-12(11)19-14(13)20/h1-6,13,18H,(H,19,20). The first-order valence-corrected chi connectivity index (χ1v) is 6.61. The zero-order valence-corrected chi connectivity index (χ0v) is 11.6. The summed E-state index contributed by atoms with van der Waals surface area (Å²) in [5.41, 5.74) is 1.79. The van der Waals surface area contributed by atoms with Gasteiger partial charge in [-0.25, -0.2) is 4.39 Å². The van der Waals surface area contributed by atoms with Crippen molar-refractivity contribution in [2.24, 2.45) is 0 Å². The van der Waals surface area contributed by atoms with Gasteiger partial charge in [-0.3, -0.25) is 4.79 Å². The maximum Gasteiger partial charge on any atom is 0.251 e. The molecule has 0 aromatic heterocycles. The Kier molecular flexibility index (Phi) is 3.28. The summed E-state index contributed by atoms with van der Waals surface area (Å²) in [5.74, 6) is -0.641. The van der Waals surface area contributed by atoms with Gasteiger partial charge >= 0.3 is 0 Å². The van der Waals surface area contributed by atoms with Gasteiger partial charge in [-0.2, -0.15) is 0 Å². The third-order valence-electron chi connectivity index (χ3n) is 3.02. The highest BCUT2D eigenvalue weighted by atomic mass is 35.5. The second kappa shape index (κ2) is 4.96. The summed E-state index contributed by atoms with van der Waals surface area (Å²) >= 11 is 11.8. The van der Waals surface area contributed by atoms with Gasteiger partial charge in [0.25, 0.3) is 5.91 Å². The minimum atomic E-state index is -0.597. The first kappa shape index (κ1) is 13.2. The lowest BCUT2D eigenvalue weighted by atomic mass is 10.1. The normalized spacial score (nSPS) is 16.8. The minimum Gasteiger partial charge on any atom is -0.370 e. The Morgan fingerprint density at radius 3 is 2.50 bits per heavy atom. The van der Waals surface area contributed by atoms with E-state index in [1.54, 1.807) is 24.3 Å². The minimum absolute atomic E-state index is 0.248. The van der Waals surface area contributed by atoms with Crippen LogP contribution >= 0.6 is 23.2 Å². The van der Waals surface area contributed by atoms with E-state index in [1.807, 2.05) is 0 Å². The van der Waals surface area contributed by atoms with Crippen molar-refractivity contribution < 1.29 is 9.18 Å². The fourth-order valence-corrected chi connectivity index (χ4v) is 2.71. The van der Waals surface area contributed by atoms with Crippen molar-refractivity contribution >= 4 is 40.5 Å². The van der Waals surface area contributed by atoms with Crippen LogP contribution in [0.25, 0.3) is 0 Å². The lowest BCUT2D eigenvalue weighted by molar-refractivity contribution is -0.116. The first-order valence-electron chi connectivity index (χ1n) is 5.86. The predicted octanol–water partition coefficient (Wildman–Crippen LogP) is 4.24. The molecule has 0 aliphatic carbocycles. The van der Waals surface area contributed by atoms with Gasteiger partial charge in [-0.05, 0) is 30.3 Å². The van der Waals surface area contributed by atoms with Crippen molar-refractivity contribution in [2.75, 3.05) is 10.6 Å². The number of amides is 1. The molecule has 20 heavy (non-hydrogen) atoms. The second-order valence-electron chi connectivity index (χ2n) is 4.46. The number of anilines is 2. The van der Waals surface area contributed by atoms with Crippen LogP contribution in [-0.2, 0) is 4.79 Å². The number of halogens is 3. The molecule has 3 rings (SSSR count). The van der Waals surface area contributed by atoms with E-state index in [0.29, 0.717) is 27.0 Å². The van der Waals surface area contributed by atoms with Crippen molar-refractivity contribution in [1.82, 2.24) is 0 Å². The van der Waals surface area contributed by atoms with E-state index >= 15 is 0 Å². The molecule has 0 fully saturated rings. The predicted molar refractivity (Wildman–Crippen MR) is 77.9 cm³/mol. The maximum absolute atomic E-state index is 13.1. The molecule has 2 aromatic rings. The molecule has 1 aliphatic heterocycles. The zero-order valence-electron chi connectivity index (χ0n) is 10.1. The van der Waals surface area contributed by atoms with E-state index in [0.717, 1.165) is 0 Å². The largest absolute Gasteiger partial charge is 0.370 e. The fraction of sp³-hybridized carbons (Fsp3) is 0.0714. The molecule has 0 spiro atoms. The van der Waals surface area contributed by atoms with E-state index in [9.17, 15) is 9.18 Å². The van der Waals surface area contributed by atoms with Crippen LogP contribution in [0.2, 0.25) is 10.0 Å². The molecule has 0 saturated heterocycles. The monoisotopic (exact) mass is 310 g/mol. The number of nitrogens with one attached hydrogen (secondary N) is 2. The highest BCUT2D eigenvalue weighted by Gasteiger charge is 2.30. The molecule has 1 heterocycles. The smallest absolute Gasteiger partial charge is 0.251 e. The fourth-order valence-electron chi connectivity index (χ4n) is 2.18. The van der Waals surface area contributed by atoms with E-state index in [4.69, 9.17) is 23.2 Å². The van der Waals surface area contributed by atoms with Crippen LogP contribution in [-0.4, -0.2) is 5.91 Å². The Morgan fingerprint density at radius 1 is 1.10 bits per heavy atom. The maximum atomic E-state index is 13.1. The quantitative estimate of drug-likeness (QED) is 0.871. The molecule has 2 aromatic carbocycles. The third-order valence-corrected chi connectivity index (χ3v) is 3.46. The molecule has 1 atom stereocenters. The molecule has 1 amide bonds. The van der Waals surface area contributed by atoms with E-state index < -0.39 is 11.9 Å². The molecule has 0 saturated carbocycles. The summed E-state index contributed by atoms with van der Waals surface area (Å²) in [6, 6.07) is 8.53. The van der Waals surface area contributed by atoms with Crippen LogP contribution in [0.5, 0.6) is 0 Å². The van der Waals surface area contributed by atoms with Gasteiger partial charge in [0.15, 0.2) is 0 Å². The summed E-state index contributed by atoms with van der Waals surface area (Å²) in [4.78, 5) is 12.0. The number of hydrogen-bond acceptors (Lipinski definition) is 2. The highest BCUT2D eigenvalue weighted by molar-refractivity contribution is 6.35. The van der Waals surface area contributed by atoms with Gasteiger partial charge in [0, 0.05) is 27.0 Å². The van der Waals surface area contributed by atoms with Crippen molar-refractivity contribution in [3.63, 3.8) is 0 Å². The molecule has 0 radical (unpaired) electrons. The van der Waals surface area contributed by atoms with E-state index in [1.165, 1.54) is 12.1 Å². The molecule has 6 heteroatoms. The number of rotatable bonds is 2. The lowest BCUT2D eigenvalue weighted by Gasteiger charge is -2.13. The molecule has 3 nitrogen and oxygen atoms in total. The summed E-state index contributed by atoms with van der Waals surface area (Å²) in [7, 11) is 0. The van der Waals surface area contributed by atoms with Gasteiger partial charge in [0.2, 0.25) is 0 Å². The summed E-state index contributed by atoms with van der Waals surface area (Å²) in [6.45, 7) is 0. The van der Waals surface area contributed by atoms with Gasteiger partial charge in [0.1, 0.15) is 11.9 Å². The average Bonchev–Trinajstić information content (AvgIpc) is 2.64. The first-order chi connectivity index (χ1) is 9.52. The number of carbonyl (C=O) groups excluding carboxylic acids is 1. The molecule has 2 N–H and O–H groups in total. The summed E-state index contributed by atoms with van der Waals surface area (Å²) in [5, 5.41) is 6.62. The molecule has 0 bridgehead atoms. The average molecular weight is 311 g/mol. The highest BCUT2D eigenvalue weighted by Crippen LogP contribution is 2.34.